The second-order valence-electron chi connectivity index (χ2n) is 3.04. The van der Waals surface area contributed by atoms with Crippen molar-refractivity contribution in [3.8, 4) is 5.75 Å². The van der Waals surface area contributed by atoms with E-state index in [9.17, 15) is 4.32 Å². The molecule has 1 aromatic rings. The van der Waals surface area contributed by atoms with Gasteiger partial charge in [-0.05, 0) is 43.5 Å². The number of aryl methyl sites for hydroxylation is 1. The first-order valence-electron chi connectivity index (χ1n) is 4.08. The number of hydrogen-bond donors (Lipinski definition) is 2. The zero-order valence-electron chi connectivity index (χ0n) is 8.67. The summed E-state index contributed by atoms with van der Waals surface area (Å²) >= 11 is 0. The van der Waals surface area contributed by atoms with Gasteiger partial charge in [-0.25, -0.2) is 4.32 Å². The molecule has 0 spiro atoms. The van der Waals surface area contributed by atoms with Gasteiger partial charge in [-0.2, -0.15) is 0 Å². The van der Waals surface area contributed by atoms with Crippen molar-refractivity contribution in [3.63, 3.8) is 0 Å². The summed E-state index contributed by atoms with van der Waals surface area (Å²) in [6, 6.07) is 3.49. The lowest BCUT2D eigenvalue weighted by molar-refractivity contribution is 0.348. The Morgan fingerprint density at radius 3 is 2.29 bits per heavy atom. The second-order valence-corrected chi connectivity index (χ2v) is 3.04. The van der Waals surface area contributed by atoms with Crippen molar-refractivity contribution in [2.45, 2.75) is 20.8 Å². The maximum atomic E-state index is 12.1. The molecule has 0 saturated carbocycles. The van der Waals surface area contributed by atoms with Crippen LogP contribution in [0.4, 0.5) is 4.32 Å². The quantitative estimate of drug-likeness (QED) is 0.716. The molecule has 14 heavy (non-hydrogen) atoms. The molecule has 0 aromatic heterocycles. The largest absolute Gasteiger partial charge is 0.751 e. The van der Waals surface area contributed by atoms with E-state index >= 15 is 0 Å². The number of halogens is 1. The molecule has 0 amide bonds. The summed E-state index contributed by atoms with van der Waals surface area (Å²) in [4.78, 5) is 0. The summed E-state index contributed by atoms with van der Waals surface area (Å²) in [6.45, 7) is 5.74. The molecular formula is C9H15BFNO2. The first kappa shape index (κ1) is 12.9. The molecule has 0 aliphatic carbocycles. The predicted octanol–water partition coefficient (Wildman–Crippen LogP) is 2.10. The molecule has 1 rings (SSSR count). The fourth-order valence-corrected chi connectivity index (χ4v) is 1.16. The Labute approximate surface area is 83.7 Å². The van der Waals surface area contributed by atoms with Crippen LogP contribution in [0.3, 0.4) is 0 Å². The van der Waals surface area contributed by atoms with E-state index in [0.29, 0.717) is 5.75 Å². The Morgan fingerprint density at radius 1 is 1.21 bits per heavy atom. The van der Waals surface area contributed by atoms with Gasteiger partial charge in [0.15, 0.2) is 0 Å². The fraction of sp³-hybridized carbons (Fsp3) is 0.333. The average molecular weight is 199 g/mol. The van der Waals surface area contributed by atoms with Gasteiger partial charge in [-0.1, -0.05) is 6.07 Å². The first-order chi connectivity index (χ1) is 6.02. The van der Waals surface area contributed by atoms with Crippen LogP contribution in [0, 0.1) is 20.8 Å². The third kappa shape index (κ3) is 2.72. The van der Waals surface area contributed by atoms with Crippen LogP contribution < -0.4 is 10.8 Å². The molecular weight excluding hydrogens is 184 g/mol. The molecule has 0 unspecified atom stereocenters. The molecule has 3 nitrogen and oxygen atoms in total. The van der Waals surface area contributed by atoms with Crippen LogP contribution in [-0.4, -0.2) is 12.4 Å². The Morgan fingerprint density at radius 2 is 1.79 bits per heavy atom. The summed E-state index contributed by atoms with van der Waals surface area (Å²) in [7, 11) is -2.25. The van der Waals surface area contributed by atoms with Gasteiger partial charge in [0, 0.05) is 0 Å². The monoisotopic (exact) mass is 199 g/mol. The van der Waals surface area contributed by atoms with Crippen molar-refractivity contribution < 1.29 is 14.0 Å². The van der Waals surface area contributed by atoms with Gasteiger partial charge in [0.1, 0.15) is 5.75 Å². The average Bonchev–Trinajstić information content (AvgIpc) is 2.06. The molecule has 4 N–H and O–H groups in total. The van der Waals surface area contributed by atoms with Gasteiger partial charge in [-0.15, -0.1) is 0 Å². The highest BCUT2D eigenvalue weighted by Crippen LogP contribution is 2.23. The normalized spacial score (nSPS) is 9.21. The lowest BCUT2D eigenvalue weighted by Gasteiger charge is -2.11. The van der Waals surface area contributed by atoms with E-state index in [0.717, 1.165) is 16.7 Å². The highest BCUT2D eigenvalue weighted by Gasteiger charge is 2.16. The summed E-state index contributed by atoms with van der Waals surface area (Å²) in [5.41, 5.74) is 3.04. The fourth-order valence-electron chi connectivity index (χ4n) is 1.16. The van der Waals surface area contributed by atoms with Crippen LogP contribution >= 0.6 is 0 Å². The van der Waals surface area contributed by atoms with Crippen molar-refractivity contribution in [2.24, 2.45) is 0 Å². The summed E-state index contributed by atoms with van der Waals surface area (Å²) in [5.74, 6) is 0.387. The van der Waals surface area contributed by atoms with Crippen molar-refractivity contribution in [2.75, 3.05) is 0 Å². The minimum Gasteiger partial charge on any atom is -0.508 e. The highest BCUT2D eigenvalue weighted by atomic mass is 19.1. The zero-order valence-corrected chi connectivity index (χ0v) is 8.67. The number of benzene rings is 1. The number of rotatable bonds is 2. The molecule has 0 radical (unpaired) electrons. The molecule has 0 fully saturated rings. The van der Waals surface area contributed by atoms with Crippen LogP contribution in [0.2, 0.25) is 0 Å². The second kappa shape index (κ2) is 4.98. The SMILES string of the molecule is Cc1ccc(OB(O)F)c(C)c1C.N. The molecule has 0 bridgehead atoms. The van der Waals surface area contributed by atoms with Crippen molar-refractivity contribution in [1.29, 1.82) is 0 Å². The Kier molecular flexibility index (Phi) is 4.60. The minimum absolute atomic E-state index is 0. The Balaban J connectivity index is 0.00000169. The summed E-state index contributed by atoms with van der Waals surface area (Å²) in [5, 5.41) is 8.40. The lowest BCUT2D eigenvalue weighted by atomic mass is 10.0. The van der Waals surface area contributed by atoms with Gasteiger partial charge < -0.3 is 15.8 Å². The van der Waals surface area contributed by atoms with Gasteiger partial charge in [-0.3, -0.25) is 0 Å². The third-order valence-electron chi connectivity index (χ3n) is 2.23. The van der Waals surface area contributed by atoms with Gasteiger partial charge in [0.25, 0.3) is 0 Å². The predicted molar refractivity (Wildman–Crippen MR) is 55.4 cm³/mol. The van der Waals surface area contributed by atoms with Crippen LogP contribution in [0.5, 0.6) is 5.75 Å². The summed E-state index contributed by atoms with van der Waals surface area (Å²) in [6.07, 6.45) is 0. The molecule has 0 aliphatic heterocycles. The van der Waals surface area contributed by atoms with E-state index in [1.165, 1.54) is 0 Å². The lowest BCUT2D eigenvalue weighted by Crippen LogP contribution is -2.15. The van der Waals surface area contributed by atoms with E-state index in [4.69, 9.17) is 5.02 Å². The van der Waals surface area contributed by atoms with E-state index in [1.54, 1.807) is 6.07 Å². The zero-order chi connectivity index (χ0) is 10.0. The van der Waals surface area contributed by atoms with E-state index in [-0.39, 0.29) is 6.15 Å². The number of hydrogen-bond acceptors (Lipinski definition) is 3. The molecule has 0 aliphatic rings. The Hall–Kier alpha value is -1.07. The highest BCUT2D eigenvalue weighted by molar-refractivity contribution is 6.34. The molecule has 0 heterocycles. The third-order valence-corrected chi connectivity index (χ3v) is 2.23. The van der Waals surface area contributed by atoms with Crippen molar-refractivity contribution in [3.05, 3.63) is 28.8 Å². The summed E-state index contributed by atoms with van der Waals surface area (Å²) < 4.78 is 16.7. The van der Waals surface area contributed by atoms with Gasteiger partial charge >= 0.3 is 7.40 Å². The van der Waals surface area contributed by atoms with E-state index < -0.39 is 7.40 Å². The first-order valence-corrected chi connectivity index (χ1v) is 4.08. The Bertz CT molecular complexity index is 318. The molecule has 1 aromatic carbocycles. The topological polar surface area (TPSA) is 64.5 Å². The van der Waals surface area contributed by atoms with Crippen molar-refractivity contribution in [1.82, 2.24) is 6.15 Å². The van der Waals surface area contributed by atoms with E-state index in [1.807, 2.05) is 26.8 Å². The smallest absolute Gasteiger partial charge is 0.508 e. The standard InChI is InChI=1S/C9H12BFO2.H3N/c1-6-4-5-9(13-10(11)12)8(3)7(6)2;/h4-5,12H,1-3H3;1H3. The van der Waals surface area contributed by atoms with Gasteiger partial charge in [0.2, 0.25) is 0 Å². The van der Waals surface area contributed by atoms with Crippen LogP contribution in [-0.2, 0) is 0 Å². The van der Waals surface area contributed by atoms with Crippen molar-refractivity contribution >= 4 is 7.40 Å². The molecule has 5 heteroatoms. The maximum Gasteiger partial charge on any atom is 0.751 e. The maximum absolute atomic E-state index is 12.1. The van der Waals surface area contributed by atoms with Gasteiger partial charge in [0.05, 0.1) is 0 Å². The minimum atomic E-state index is -2.25. The van der Waals surface area contributed by atoms with Crippen LogP contribution in [0.25, 0.3) is 0 Å². The molecule has 78 valence electrons. The van der Waals surface area contributed by atoms with E-state index in [2.05, 4.69) is 4.65 Å². The molecule has 0 atom stereocenters. The molecule has 0 saturated heterocycles. The van der Waals surface area contributed by atoms with Crippen LogP contribution in [0.15, 0.2) is 12.1 Å². The van der Waals surface area contributed by atoms with Crippen LogP contribution in [0.1, 0.15) is 16.7 Å².